The van der Waals surface area contributed by atoms with E-state index in [4.69, 9.17) is 18.0 Å². The van der Waals surface area contributed by atoms with E-state index in [1.54, 1.807) is 0 Å². The van der Waals surface area contributed by atoms with E-state index in [9.17, 15) is 4.79 Å². The van der Waals surface area contributed by atoms with Crippen LogP contribution >= 0.6 is 11.6 Å². The molecule has 0 unspecified atom stereocenters. The molecule has 0 amide bonds. The van der Waals surface area contributed by atoms with Crippen LogP contribution in [0.3, 0.4) is 0 Å². The fraction of sp³-hybridized carbons (Fsp3) is 0.500. The lowest BCUT2D eigenvalue weighted by molar-refractivity contribution is 0.172. The summed E-state index contributed by atoms with van der Waals surface area (Å²) in [6.07, 6.45) is 6.21. The molecule has 0 fully saturated rings. The third-order valence-electron chi connectivity index (χ3n) is 0.681. The summed E-state index contributed by atoms with van der Waals surface area (Å²) in [5, 5.41) is 0. The minimum atomic E-state index is -0.771. The van der Waals surface area contributed by atoms with Gasteiger partial charge in [-0.2, -0.15) is 0 Å². The molecule has 0 radical (unpaired) electrons. The van der Waals surface area contributed by atoms with E-state index in [0.29, 0.717) is 19.4 Å². The first-order valence-corrected chi connectivity index (χ1v) is 2.91. The second-order valence-corrected chi connectivity index (χ2v) is 1.70. The molecule has 50 valence electrons. The molecule has 0 bridgehead atoms. The maximum Gasteiger partial charge on any atom is 0.403 e. The zero-order chi connectivity index (χ0) is 7.11. The predicted octanol–water partition coefficient (Wildman–Crippen LogP) is 1.78. The highest BCUT2D eigenvalue weighted by atomic mass is 35.5. The summed E-state index contributed by atoms with van der Waals surface area (Å²) in [6.45, 7) is 0.312. The van der Waals surface area contributed by atoms with Gasteiger partial charge >= 0.3 is 5.43 Å². The van der Waals surface area contributed by atoms with Gasteiger partial charge in [-0.15, -0.1) is 12.3 Å². The number of carbonyl (C=O) groups is 1. The third-order valence-corrected chi connectivity index (χ3v) is 0.790. The van der Waals surface area contributed by atoms with Crippen molar-refractivity contribution in [2.75, 3.05) is 6.61 Å². The molecule has 0 aromatic rings. The molecule has 0 aliphatic heterocycles. The van der Waals surface area contributed by atoms with E-state index < -0.39 is 5.43 Å². The van der Waals surface area contributed by atoms with Crippen molar-refractivity contribution in [2.45, 2.75) is 12.8 Å². The van der Waals surface area contributed by atoms with Crippen molar-refractivity contribution in [1.29, 1.82) is 0 Å². The molecule has 0 saturated heterocycles. The number of hydrogen-bond acceptors (Lipinski definition) is 2. The second-order valence-electron chi connectivity index (χ2n) is 1.39. The summed E-state index contributed by atoms with van der Waals surface area (Å²) in [5.74, 6) is 2.41. The number of carbonyl (C=O) groups excluding carboxylic acids is 1. The SMILES string of the molecule is C#CCCCOC(=O)Cl. The zero-order valence-corrected chi connectivity index (χ0v) is 5.65. The van der Waals surface area contributed by atoms with Crippen LogP contribution in [-0.4, -0.2) is 12.0 Å². The van der Waals surface area contributed by atoms with Gasteiger partial charge in [-0.3, -0.25) is 0 Å². The summed E-state index contributed by atoms with van der Waals surface area (Å²) in [4.78, 5) is 9.90. The van der Waals surface area contributed by atoms with E-state index in [1.807, 2.05) is 0 Å². The molecular formula is C6H7ClO2. The molecular weight excluding hydrogens is 140 g/mol. The van der Waals surface area contributed by atoms with Crippen molar-refractivity contribution >= 4 is 17.0 Å². The van der Waals surface area contributed by atoms with E-state index in [1.165, 1.54) is 0 Å². The van der Waals surface area contributed by atoms with Crippen molar-refractivity contribution < 1.29 is 9.53 Å². The van der Waals surface area contributed by atoms with E-state index >= 15 is 0 Å². The molecule has 0 aliphatic carbocycles. The van der Waals surface area contributed by atoms with Gasteiger partial charge in [0.05, 0.1) is 6.61 Å². The van der Waals surface area contributed by atoms with Crippen LogP contribution in [0.5, 0.6) is 0 Å². The number of unbranched alkanes of at least 4 members (excludes halogenated alkanes) is 1. The van der Waals surface area contributed by atoms with Crippen LogP contribution in [0.25, 0.3) is 0 Å². The van der Waals surface area contributed by atoms with Crippen LogP contribution < -0.4 is 0 Å². The Morgan fingerprint density at radius 2 is 2.44 bits per heavy atom. The lowest BCUT2D eigenvalue weighted by Crippen LogP contribution is -1.95. The highest BCUT2D eigenvalue weighted by Gasteiger charge is 1.91. The number of rotatable bonds is 3. The Hall–Kier alpha value is -0.680. The van der Waals surface area contributed by atoms with Gasteiger partial charge in [-0.25, -0.2) is 4.79 Å². The topological polar surface area (TPSA) is 26.3 Å². The van der Waals surface area contributed by atoms with Crippen molar-refractivity contribution in [2.24, 2.45) is 0 Å². The van der Waals surface area contributed by atoms with Crippen LogP contribution in [0.15, 0.2) is 0 Å². The first kappa shape index (κ1) is 8.32. The molecule has 0 aromatic carbocycles. The lowest BCUT2D eigenvalue weighted by Gasteiger charge is -1.94. The van der Waals surface area contributed by atoms with Crippen molar-refractivity contribution in [3.05, 3.63) is 0 Å². The maximum absolute atomic E-state index is 9.90. The van der Waals surface area contributed by atoms with Gasteiger partial charge in [0.1, 0.15) is 0 Å². The fourth-order valence-electron chi connectivity index (χ4n) is 0.327. The molecule has 0 spiro atoms. The standard InChI is InChI=1S/C6H7ClO2/c1-2-3-4-5-9-6(7)8/h1H,3-5H2. The van der Waals surface area contributed by atoms with Crippen LogP contribution in [0, 0.1) is 12.3 Å². The van der Waals surface area contributed by atoms with E-state index in [0.717, 1.165) is 0 Å². The molecule has 0 saturated carbocycles. The third kappa shape index (κ3) is 7.32. The van der Waals surface area contributed by atoms with Crippen LogP contribution in [0.2, 0.25) is 0 Å². The molecule has 2 nitrogen and oxygen atoms in total. The maximum atomic E-state index is 9.90. The number of terminal acetylenes is 1. The van der Waals surface area contributed by atoms with Gasteiger partial charge in [0.15, 0.2) is 0 Å². The first-order valence-electron chi connectivity index (χ1n) is 2.53. The van der Waals surface area contributed by atoms with Gasteiger partial charge in [-0.05, 0) is 6.42 Å². The molecule has 0 heterocycles. The quantitative estimate of drug-likeness (QED) is 0.345. The number of hydrogen-bond donors (Lipinski definition) is 0. The van der Waals surface area contributed by atoms with Gasteiger partial charge in [0.2, 0.25) is 0 Å². The highest BCUT2D eigenvalue weighted by molar-refractivity contribution is 6.61. The van der Waals surface area contributed by atoms with Crippen molar-refractivity contribution in [3.8, 4) is 12.3 Å². The number of ether oxygens (including phenoxy) is 1. The minimum absolute atomic E-state index is 0.312. The molecule has 9 heavy (non-hydrogen) atoms. The van der Waals surface area contributed by atoms with Crippen LogP contribution in [0.4, 0.5) is 4.79 Å². The smallest absolute Gasteiger partial charge is 0.403 e. The van der Waals surface area contributed by atoms with Crippen LogP contribution in [-0.2, 0) is 4.74 Å². The van der Waals surface area contributed by atoms with Crippen molar-refractivity contribution in [1.82, 2.24) is 0 Å². The van der Waals surface area contributed by atoms with E-state index in [-0.39, 0.29) is 0 Å². The largest absolute Gasteiger partial charge is 0.454 e. The Bertz CT molecular complexity index is 126. The monoisotopic (exact) mass is 146 g/mol. The highest BCUT2D eigenvalue weighted by Crippen LogP contribution is 1.91. The van der Waals surface area contributed by atoms with Crippen molar-refractivity contribution in [3.63, 3.8) is 0 Å². The summed E-state index contributed by atoms with van der Waals surface area (Å²) < 4.78 is 4.37. The molecule has 0 N–H and O–H groups in total. The van der Waals surface area contributed by atoms with E-state index in [2.05, 4.69) is 10.7 Å². The lowest BCUT2D eigenvalue weighted by atomic mass is 10.3. The average Bonchev–Trinajstić information content (AvgIpc) is 1.80. The summed E-state index contributed by atoms with van der Waals surface area (Å²) in [6, 6.07) is 0. The first-order chi connectivity index (χ1) is 4.27. The molecule has 0 rings (SSSR count). The summed E-state index contributed by atoms with van der Waals surface area (Å²) >= 11 is 4.84. The van der Waals surface area contributed by atoms with Gasteiger partial charge < -0.3 is 4.74 Å². The molecule has 0 aliphatic rings. The van der Waals surface area contributed by atoms with Gasteiger partial charge in [0.25, 0.3) is 0 Å². The normalized spacial score (nSPS) is 8.00. The molecule has 0 aromatic heterocycles. The van der Waals surface area contributed by atoms with Gasteiger partial charge in [0, 0.05) is 18.0 Å². The Morgan fingerprint density at radius 1 is 1.78 bits per heavy atom. The Kier molecular flexibility index (Phi) is 5.04. The fourth-order valence-corrected chi connectivity index (χ4v) is 0.404. The summed E-state index contributed by atoms with van der Waals surface area (Å²) in [5.41, 5.74) is -0.771. The average molecular weight is 147 g/mol. The Balaban J connectivity index is 2.94. The van der Waals surface area contributed by atoms with Crippen LogP contribution in [0.1, 0.15) is 12.8 Å². The second kappa shape index (κ2) is 5.46. The zero-order valence-electron chi connectivity index (χ0n) is 4.89. The predicted molar refractivity (Wildman–Crippen MR) is 35.3 cm³/mol. The Labute approximate surface area is 59.1 Å². The molecule has 3 heteroatoms. The van der Waals surface area contributed by atoms with Gasteiger partial charge in [-0.1, -0.05) is 0 Å². The summed E-state index contributed by atoms with van der Waals surface area (Å²) in [7, 11) is 0. The Morgan fingerprint density at radius 3 is 2.89 bits per heavy atom. The minimum Gasteiger partial charge on any atom is -0.454 e. The number of halogens is 1. The molecule has 0 atom stereocenters.